The lowest BCUT2D eigenvalue weighted by Crippen LogP contribution is -2.35. The number of fused-ring (bicyclic) bond motifs is 1. The van der Waals surface area contributed by atoms with Gasteiger partial charge in [-0.25, -0.2) is 9.37 Å². The van der Waals surface area contributed by atoms with Crippen molar-refractivity contribution in [3.05, 3.63) is 52.9 Å². The minimum Gasteiger partial charge on any atom is -0.356 e. The van der Waals surface area contributed by atoms with Gasteiger partial charge in [0, 0.05) is 24.6 Å². The molecule has 0 radical (unpaired) electrons. The van der Waals surface area contributed by atoms with E-state index in [1.54, 1.807) is 12.1 Å². The molecule has 1 atom stereocenters. The molecule has 1 aromatic carbocycles. The first-order valence-corrected chi connectivity index (χ1v) is 7.68. The fourth-order valence-corrected chi connectivity index (χ4v) is 2.97. The molecule has 1 aromatic heterocycles. The van der Waals surface area contributed by atoms with Crippen molar-refractivity contribution in [2.45, 2.75) is 32.6 Å². The van der Waals surface area contributed by atoms with Crippen LogP contribution in [-0.2, 0) is 24.1 Å². The van der Waals surface area contributed by atoms with Gasteiger partial charge in [0.25, 0.3) is 0 Å². The Labute approximate surface area is 129 Å². The van der Waals surface area contributed by atoms with Crippen molar-refractivity contribution in [1.29, 1.82) is 0 Å². The first-order chi connectivity index (χ1) is 10.6. The largest absolute Gasteiger partial charge is 0.356 e. The van der Waals surface area contributed by atoms with E-state index >= 15 is 0 Å². The normalized spacial score (nSPS) is 17.1. The highest BCUT2D eigenvalue weighted by atomic mass is 19.1. The highest BCUT2D eigenvalue weighted by Gasteiger charge is 2.26. The quantitative estimate of drug-likeness (QED) is 0.910. The molecule has 0 unspecified atom stereocenters. The minimum atomic E-state index is -0.236. The Morgan fingerprint density at radius 2 is 2.18 bits per heavy atom. The van der Waals surface area contributed by atoms with E-state index in [-0.39, 0.29) is 17.6 Å². The van der Waals surface area contributed by atoms with Crippen LogP contribution >= 0.6 is 0 Å². The summed E-state index contributed by atoms with van der Waals surface area (Å²) < 4.78 is 12.8. The molecular formula is C17H20FN3O. The van der Waals surface area contributed by atoms with E-state index in [0.29, 0.717) is 13.0 Å². The molecule has 0 fully saturated rings. The Kier molecular flexibility index (Phi) is 4.22. The second-order valence-electron chi connectivity index (χ2n) is 5.85. The molecule has 0 spiro atoms. The van der Waals surface area contributed by atoms with Crippen molar-refractivity contribution < 1.29 is 9.18 Å². The number of aromatic amines is 1. The number of H-pyrrole nitrogens is 1. The number of benzene rings is 1. The number of carbonyl (C=O) groups excluding carboxylic acids is 1. The van der Waals surface area contributed by atoms with Gasteiger partial charge in [0.2, 0.25) is 5.91 Å². The Balaban J connectivity index is 1.49. The number of nitrogens with zero attached hydrogens (tertiary/aromatic N) is 1. The number of carbonyl (C=O) groups is 1. The number of imidazole rings is 1. The average Bonchev–Trinajstić information content (AvgIpc) is 2.88. The van der Waals surface area contributed by atoms with E-state index in [1.807, 2.05) is 6.92 Å². The minimum absolute atomic E-state index is 0.0144. The van der Waals surface area contributed by atoms with Gasteiger partial charge >= 0.3 is 0 Å². The van der Waals surface area contributed by atoms with Gasteiger partial charge in [-0.05, 0) is 43.9 Å². The Bertz CT molecular complexity index is 663. The van der Waals surface area contributed by atoms with Gasteiger partial charge < -0.3 is 10.3 Å². The molecular weight excluding hydrogens is 281 g/mol. The molecule has 4 nitrogen and oxygen atoms in total. The van der Waals surface area contributed by atoms with E-state index in [9.17, 15) is 9.18 Å². The van der Waals surface area contributed by atoms with Gasteiger partial charge in [-0.1, -0.05) is 12.1 Å². The topological polar surface area (TPSA) is 57.8 Å². The third kappa shape index (κ3) is 3.35. The summed E-state index contributed by atoms with van der Waals surface area (Å²) in [7, 11) is 0. The summed E-state index contributed by atoms with van der Waals surface area (Å²) in [5, 5.41) is 2.99. The van der Waals surface area contributed by atoms with E-state index in [4.69, 9.17) is 0 Å². The zero-order chi connectivity index (χ0) is 15.5. The van der Waals surface area contributed by atoms with Gasteiger partial charge in [0.15, 0.2) is 0 Å². The number of rotatable bonds is 4. The van der Waals surface area contributed by atoms with Crippen LogP contribution in [0.15, 0.2) is 24.3 Å². The maximum absolute atomic E-state index is 12.8. The van der Waals surface area contributed by atoms with Gasteiger partial charge in [-0.15, -0.1) is 0 Å². The zero-order valence-corrected chi connectivity index (χ0v) is 12.7. The molecule has 0 aliphatic heterocycles. The van der Waals surface area contributed by atoms with Crippen molar-refractivity contribution in [3.63, 3.8) is 0 Å². The van der Waals surface area contributed by atoms with E-state index in [1.165, 1.54) is 12.1 Å². The first-order valence-electron chi connectivity index (χ1n) is 7.68. The molecule has 1 aliphatic rings. The molecule has 2 aromatic rings. The van der Waals surface area contributed by atoms with Crippen LogP contribution in [0.5, 0.6) is 0 Å². The molecule has 5 heteroatoms. The van der Waals surface area contributed by atoms with Crippen LogP contribution < -0.4 is 5.32 Å². The summed E-state index contributed by atoms with van der Waals surface area (Å²) in [6.45, 7) is 2.52. The number of hydrogen-bond acceptors (Lipinski definition) is 2. The van der Waals surface area contributed by atoms with Crippen LogP contribution in [0.3, 0.4) is 0 Å². The third-order valence-electron chi connectivity index (χ3n) is 4.16. The van der Waals surface area contributed by atoms with Crippen LogP contribution in [0.4, 0.5) is 4.39 Å². The number of amides is 1. The van der Waals surface area contributed by atoms with Gasteiger partial charge in [0.05, 0.1) is 5.69 Å². The molecule has 116 valence electrons. The molecule has 1 heterocycles. The Morgan fingerprint density at radius 1 is 1.41 bits per heavy atom. The molecule has 0 saturated carbocycles. The zero-order valence-electron chi connectivity index (χ0n) is 12.7. The fourth-order valence-electron chi connectivity index (χ4n) is 2.97. The van der Waals surface area contributed by atoms with Crippen molar-refractivity contribution in [3.8, 4) is 0 Å². The molecule has 22 heavy (non-hydrogen) atoms. The highest BCUT2D eigenvalue weighted by molar-refractivity contribution is 5.79. The maximum Gasteiger partial charge on any atom is 0.223 e. The van der Waals surface area contributed by atoms with E-state index in [2.05, 4.69) is 15.3 Å². The summed E-state index contributed by atoms with van der Waals surface area (Å²) in [4.78, 5) is 19.9. The standard InChI is InChI=1S/C17H20FN3O/c1-11-20-15-7-4-13(10-16(15)21-11)17(22)19-9-8-12-2-5-14(18)6-3-12/h2-3,5-6,13H,4,7-10H2,1H3,(H,19,22)(H,20,21)/t13-/m0/s1. The van der Waals surface area contributed by atoms with Crippen LogP contribution in [-0.4, -0.2) is 22.4 Å². The molecule has 2 N–H and O–H groups in total. The van der Waals surface area contributed by atoms with Crippen LogP contribution in [0.2, 0.25) is 0 Å². The summed E-state index contributed by atoms with van der Waals surface area (Å²) in [5.74, 6) is 0.795. The van der Waals surface area contributed by atoms with Gasteiger partial charge in [-0.2, -0.15) is 0 Å². The number of halogens is 1. The Hall–Kier alpha value is -2.17. The predicted octanol–water partition coefficient (Wildman–Crippen LogP) is 2.32. The van der Waals surface area contributed by atoms with Crippen molar-refractivity contribution in [2.75, 3.05) is 6.54 Å². The maximum atomic E-state index is 12.8. The van der Waals surface area contributed by atoms with Crippen molar-refractivity contribution >= 4 is 5.91 Å². The summed E-state index contributed by atoms with van der Waals surface area (Å²) >= 11 is 0. The summed E-state index contributed by atoms with van der Waals surface area (Å²) in [6.07, 6.45) is 3.15. The first kappa shape index (κ1) is 14.8. The van der Waals surface area contributed by atoms with Gasteiger partial charge in [-0.3, -0.25) is 4.79 Å². The average molecular weight is 301 g/mol. The fraction of sp³-hybridized carbons (Fsp3) is 0.412. The second-order valence-corrected chi connectivity index (χ2v) is 5.85. The summed E-state index contributed by atoms with van der Waals surface area (Å²) in [6, 6.07) is 6.39. The molecule has 0 saturated heterocycles. The Morgan fingerprint density at radius 3 is 2.95 bits per heavy atom. The lowest BCUT2D eigenvalue weighted by molar-refractivity contribution is -0.125. The number of nitrogens with one attached hydrogen (secondary N) is 2. The van der Waals surface area contributed by atoms with E-state index in [0.717, 1.165) is 42.0 Å². The van der Waals surface area contributed by atoms with Crippen LogP contribution in [0.1, 0.15) is 29.2 Å². The van der Waals surface area contributed by atoms with Crippen molar-refractivity contribution in [1.82, 2.24) is 15.3 Å². The van der Waals surface area contributed by atoms with Gasteiger partial charge in [0.1, 0.15) is 11.6 Å². The monoisotopic (exact) mass is 301 g/mol. The number of aryl methyl sites for hydroxylation is 2. The third-order valence-corrected chi connectivity index (χ3v) is 4.16. The molecule has 1 amide bonds. The lowest BCUT2D eigenvalue weighted by atomic mass is 9.89. The van der Waals surface area contributed by atoms with Crippen LogP contribution in [0.25, 0.3) is 0 Å². The lowest BCUT2D eigenvalue weighted by Gasteiger charge is -2.20. The van der Waals surface area contributed by atoms with Crippen molar-refractivity contribution in [2.24, 2.45) is 5.92 Å². The number of aromatic nitrogens is 2. The molecule has 1 aliphatic carbocycles. The SMILES string of the molecule is Cc1nc2c([nH]1)C[C@@H](C(=O)NCCc1ccc(F)cc1)CC2. The van der Waals surface area contributed by atoms with Crippen LogP contribution in [0, 0.1) is 18.7 Å². The van der Waals surface area contributed by atoms with E-state index < -0.39 is 0 Å². The molecule has 3 rings (SSSR count). The number of hydrogen-bond donors (Lipinski definition) is 2. The smallest absolute Gasteiger partial charge is 0.223 e. The molecule has 0 bridgehead atoms. The second kappa shape index (κ2) is 6.30. The summed E-state index contributed by atoms with van der Waals surface area (Å²) in [5.41, 5.74) is 3.23. The highest BCUT2D eigenvalue weighted by Crippen LogP contribution is 2.23. The predicted molar refractivity (Wildman–Crippen MR) is 82.0 cm³/mol.